The number of benzene rings is 3. The molecule has 0 amide bonds. The summed E-state index contributed by atoms with van der Waals surface area (Å²) in [5, 5.41) is 3.16. The summed E-state index contributed by atoms with van der Waals surface area (Å²) in [6.07, 6.45) is 1.33. The first-order chi connectivity index (χ1) is 15.4. The molecule has 5 rings (SSSR count). The first-order valence-corrected chi connectivity index (χ1v) is 10.7. The lowest BCUT2D eigenvalue weighted by atomic mass is 10.1. The average Bonchev–Trinajstić information content (AvgIpc) is 3.28. The van der Waals surface area contributed by atoms with Crippen LogP contribution in [0.15, 0.2) is 47.5 Å². The molecule has 2 aromatic heterocycles. The Hall–Kier alpha value is -3.61. The molecule has 7 heteroatoms. The minimum Gasteiger partial charge on any atom is -0.489 e. The number of rotatable bonds is 6. The minimum absolute atomic E-state index is 0.155. The minimum atomic E-state index is -0.314. The van der Waals surface area contributed by atoms with E-state index in [4.69, 9.17) is 10.5 Å². The molecule has 32 heavy (non-hydrogen) atoms. The highest BCUT2D eigenvalue weighted by molar-refractivity contribution is 6.20. The third-order valence-corrected chi connectivity index (χ3v) is 5.59. The number of fused-ring (bicyclic) bond motifs is 6. The summed E-state index contributed by atoms with van der Waals surface area (Å²) in [7, 11) is 0. The van der Waals surface area contributed by atoms with Gasteiger partial charge in [-0.15, -0.1) is 0 Å². The highest BCUT2D eigenvalue weighted by Crippen LogP contribution is 2.41. The van der Waals surface area contributed by atoms with Gasteiger partial charge in [0, 0.05) is 45.0 Å². The molecular formula is C25H24F2N4O. The van der Waals surface area contributed by atoms with E-state index in [-0.39, 0.29) is 17.7 Å². The molecule has 0 bridgehead atoms. The molecule has 5 aromatic rings. The third-order valence-electron chi connectivity index (χ3n) is 5.59. The van der Waals surface area contributed by atoms with Gasteiger partial charge in [-0.3, -0.25) is 4.99 Å². The van der Waals surface area contributed by atoms with Gasteiger partial charge in [0.25, 0.3) is 0 Å². The molecule has 0 radical (unpaired) electrons. The van der Waals surface area contributed by atoms with Crippen molar-refractivity contribution in [2.75, 3.05) is 6.61 Å². The van der Waals surface area contributed by atoms with Gasteiger partial charge in [-0.2, -0.15) is 0 Å². The first kappa shape index (κ1) is 20.3. The Morgan fingerprint density at radius 2 is 1.47 bits per heavy atom. The summed E-state index contributed by atoms with van der Waals surface area (Å²) < 4.78 is 34.2. The second kappa shape index (κ2) is 7.82. The molecule has 0 saturated heterocycles. The third kappa shape index (κ3) is 3.53. The van der Waals surface area contributed by atoms with Crippen LogP contribution in [0, 0.1) is 11.6 Å². The molecule has 3 aromatic carbocycles. The van der Waals surface area contributed by atoms with Crippen LogP contribution in [0.25, 0.3) is 43.6 Å². The SMILES string of the molecule is CC(C)N=C(N)CCCOc1c2[nH]c3ccc(F)cc3c2cc2c1[nH]c1ccc(F)cc12. The zero-order chi connectivity index (χ0) is 22.4. The summed E-state index contributed by atoms with van der Waals surface area (Å²) in [5.41, 5.74) is 9.14. The Morgan fingerprint density at radius 1 is 0.906 bits per heavy atom. The second-order valence-electron chi connectivity index (χ2n) is 8.35. The Kier molecular flexibility index (Phi) is 4.96. The number of hydrogen-bond donors (Lipinski definition) is 3. The van der Waals surface area contributed by atoms with Crippen LogP contribution in [-0.4, -0.2) is 28.5 Å². The van der Waals surface area contributed by atoms with Gasteiger partial charge in [-0.25, -0.2) is 8.78 Å². The van der Waals surface area contributed by atoms with Gasteiger partial charge in [0.1, 0.15) is 11.6 Å². The standard InChI is InChI=1S/C25H24F2N4O/c1-13(2)29-22(28)4-3-9-32-25-23-18(16-10-14(26)5-7-20(16)30-23)12-19-17-11-15(27)6-8-21(17)31-24(19)25/h5-8,10-13,30-31H,3-4,9H2,1-2H3,(H2,28,29). The largest absolute Gasteiger partial charge is 0.489 e. The van der Waals surface area contributed by atoms with Gasteiger partial charge in [0.2, 0.25) is 0 Å². The summed E-state index contributed by atoms with van der Waals surface area (Å²) in [4.78, 5) is 11.1. The number of nitrogens with one attached hydrogen (secondary N) is 2. The van der Waals surface area contributed by atoms with Gasteiger partial charge in [0.05, 0.1) is 23.5 Å². The zero-order valence-corrected chi connectivity index (χ0v) is 17.9. The fourth-order valence-corrected chi connectivity index (χ4v) is 4.27. The monoisotopic (exact) mass is 434 g/mol. The number of aromatic nitrogens is 2. The predicted octanol–water partition coefficient (Wildman–Crippen LogP) is 6.16. The van der Waals surface area contributed by atoms with E-state index in [2.05, 4.69) is 15.0 Å². The molecular weight excluding hydrogens is 410 g/mol. The van der Waals surface area contributed by atoms with E-state index in [0.717, 1.165) is 43.6 Å². The van der Waals surface area contributed by atoms with Crippen LogP contribution in [0.2, 0.25) is 0 Å². The molecule has 5 nitrogen and oxygen atoms in total. The van der Waals surface area contributed by atoms with Crippen molar-refractivity contribution < 1.29 is 13.5 Å². The molecule has 0 aliphatic heterocycles. The van der Waals surface area contributed by atoms with E-state index < -0.39 is 0 Å². The van der Waals surface area contributed by atoms with E-state index in [9.17, 15) is 8.78 Å². The molecule has 0 spiro atoms. The maximum Gasteiger partial charge on any atom is 0.167 e. The van der Waals surface area contributed by atoms with Gasteiger partial charge in [-0.1, -0.05) is 0 Å². The lowest BCUT2D eigenvalue weighted by Gasteiger charge is -2.10. The van der Waals surface area contributed by atoms with E-state index in [0.29, 0.717) is 31.0 Å². The lowest BCUT2D eigenvalue weighted by molar-refractivity contribution is 0.319. The number of halogens is 2. The van der Waals surface area contributed by atoms with Crippen LogP contribution in [0.4, 0.5) is 8.78 Å². The van der Waals surface area contributed by atoms with Crippen molar-refractivity contribution in [3.05, 3.63) is 54.1 Å². The molecule has 0 fully saturated rings. The van der Waals surface area contributed by atoms with Crippen LogP contribution in [-0.2, 0) is 0 Å². The Morgan fingerprint density at radius 3 is 2.00 bits per heavy atom. The molecule has 0 saturated carbocycles. The molecule has 0 aliphatic carbocycles. The highest BCUT2D eigenvalue weighted by Gasteiger charge is 2.18. The summed E-state index contributed by atoms with van der Waals surface area (Å²) in [6, 6.07) is 11.4. The number of nitrogens with two attached hydrogens (primary N) is 1. The quantitative estimate of drug-likeness (QED) is 0.170. The van der Waals surface area contributed by atoms with Crippen LogP contribution in [0.3, 0.4) is 0 Å². The van der Waals surface area contributed by atoms with Crippen LogP contribution >= 0.6 is 0 Å². The number of nitrogens with zero attached hydrogens (tertiary/aromatic N) is 1. The fraction of sp³-hybridized carbons (Fsp3) is 0.240. The highest BCUT2D eigenvalue weighted by atomic mass is 19.1. The number of H-pyrrole nitrogens is 2. The van der Waals surface area contributed by atoms with Crippen molar-refractivity contribution in [3.63, 3.8) is 0 Å². The van der Waals surface area contributed by atoms with Crippen molar-refractivity contribution in [3.8, 4) is 5.75 Å². The van der Waals surface area contributed by atoms with E-state index in [1.165, 1.54) is 24.3 Å². The molecule has 164 valence electrons. The zero-order valence-electron chi connectivity index (χ0n) is 17.9. The van der Waals surface area contributed by atoms with E-state index in [1.54, 1.807) is 12.1 Å². The molecule has 0 aliphatic rings. The van der Waals surface area contributed by atoms with Crippen LogP contribution < -0.4 is 10.5 Å². The molecule has 4 N–H and O–H groups in total. The van der Waals surface area contributed by atoms with Gasteiger partial charge >= 0.3 is 0 Å². The van der Waals surface area contributed by atoms with Crippen molar-refractivity contribution in [1.29, 1.82) is 0 Å². The Balaban J connectivity index is 1.64. The lowest BCUT2D eigenvalue weighted by Crippen LogP contribution is -2.15. The average molecular weight is 434 g/mol. The normalized spacial score (nSPS) is 12.7. The maximum atomic E-state index is 14.0. The van der Waals surface area contributed by atoms with E-state index >= 15 is 0 Å². The molecule has 0 atom stereocenters. The number of aliphatic imine (C=N–C) groups is 1. The van der Waals surface area contributed by atoms with Crippen LogP contribution in [0.5, 0.6) is 5.75 Å². The van der Waals surface area contributed by atoms with Crippen molar-refractivity contribution >= 4 is 49.4 Å². The van der Waals surface area contributed by atoms with Gasteiger partial charge in [-0.05, 0) is 62.7 Å². The summed E-state index contributed by atoms with van der Waals surface area (Å²) in [5.74, 6) is 0.607. The first-order valence-electron chi connectivity index (χ1n) is 10.7. The van der Waals surface area contributed by atoms with Gasteiger partial charge in [0.15, 0.2) is 5.75 Å². The van der Waals surface area contributed by atoms with Crippen LogP contribution in [0.1, 0.15) is 26.7 Å². The number of amidine groups is 1. The smallest absolute Gasteiger partial charge is 0.167 e. The molecule has 2 heterocycles. The summed E-state index contributed by atoms with van der Waals surface area (Å²) >= 11 is 0. The fourth-order valence-electron chi connectivity index (χ4n) is 4.27. The van der Waals surface area contributed by atoms with Gasteiger partial charge < -0.3 is 20.4 Å². The number of hydrogen-bond acceptors (Lipinski definition) is 2. The number of ether oxygens (including phenoxy) is 1. The number of aromatic amines is 2. The molecule has 0 unspecified atom stereocenters. The Labute approximate surface area is 183 Å². The second-order valence-corrected chi connectivity index (χ2v) is 8.35. The summed E-state index contributed by atoms with van der Waals surface area (Å²) in [6.45, 7) is 4.40. The van der Waals surface area contributed by atoms with Crippen molar-refractivity contribution in [2.24, 2.45) is 10.7 Å². The topological polar surface area (TPSA) is 79.2 Å². The maximum absolute atomic E-state index is 14.0. The van der Waals surface area contributed by atoms with Crippen molar-refractivity contribution in [1.82, 2.24) is 9.97 Å². The van der Waals surface area contributed by atoms with E-state index in [1.807, 2.05) is 19.9 Å². The Bertz CT molecular complexity index is 1400. The van der Waals surface area contributed by atoms with Crippen molar-refractivity contribution in [2.45, 2.75) is 32.7 Å². The predicted molar refractivity (Wildman–Crippen MR) is 127 cm³/mol.